The Balaban J connectivity index is 2.25. The van der Waals surface area contributed by atoms with E-state index in [1.54, 1.807) is 6.41 Å². The van der Waals surface area contributed by atoms with Gasteiger partial charge in [-0.25, -0.2) is 4.98 Å². The molecule has 0 spiro atoms. The Morgan fingerprint density at radius 3 is 2.78 bits per heavy atom. The number of rotatable bonds is 3. The molecule has 0 aliphatic rings. The standard InChI is InChI=1S/C15H11N2O/c18-10-16-9-12-5-3-7-15-13(12)8-11-4-1-2-6-14(11)17-15/h1-8H,9H2,(H,16,18). The van der Waals surface area contributed by atoms with E-state index in [1.807, 2.05) is 42.5 Å². The number of nitrogens with one attached hydrogen (secondary N) is 1. The van der Waals surface area contributed by atoms with Crippen LogP contribution in [0.4, 0.5) is 0 Å². The number of pyridine rings is 1. The van der Waals surface area contributed by atoms with Gasteiger partial charge in [-0.3, -0.25) is 4.79 Å². The molecule has 0 saturated heterocycles. The fourth-order valence-corrected chi connectivity index (χ4v) is 2.15. The summed E-state index contributed by atoms with van der Waals surface area (Å²) < 4.78 is 0. The van der Waals surface area contributed by atoms with Gasteiger partial charge in [-0.2, -0.15) is 0 Å². The summed E-state index contributed by atoms with van der Waals surface area (Å²) in [7, 11) is 0. The normalized spacial score (nSPS) is 10.7. The fraction of sp³-hybridized carbons (Fsp3) is 0.0667. The summed E-state index contributed by atoms with van der Waals surface area (Å²) in [6.45, 7) is 0.473. The van der Waals surface area contributed by atoms with Gasteiger partial charge < -0.3 is 5.32 Å². The molecular formula is C15H11N2O. The highest BCUT2D eigenvalue weighted by atomic mass is 16.1. The second kappa shape index (κ2) is 4.45. The van der Waals surface area contributed by atoms with Gasteiger partial charge in [-0.05, 0) is 23.8 Å². The maximum absolute atomic E-state index is 10.3. The molecule has 1 amide bonds. The Morgan fingerprint density at radius 2 is 1.89 bits per heavy atom. The smallest absolute Gasteiger partial charge is 0.309 e. The lowest BCUT2D eigenvalue weighted by atomic mass is 10.1. The molecule has 3 rings (SSSR count). The van der Waals surface area contributed by atoms with Crippen LogP contribution in [0.25, 0.3) is 21.8 Å². The first-order chi connectivity index (χ1) is 8.88. The molecule has 0 atom stereocenters. The lowest BCUT2D eigenvalue weighted by Gasteiger charge is -2.06. The second-order valence-electron chi connectivity index (χ2n) is 4.12. The molecule has 1 radical (unpaired) electrons. The third-order valence-corrected chi connectivity index (χ3v) is 3.00. The van der Waals surface area contributed by atoms with E-state index in [-0.39, 0.29) is 0 Å². The molecule has 0 bridgehead atoms. The van der Waals surface area contributed by atoms with Crippen molar-refractivity contribution in [3.63, 3.8) is 0 Å². The van der Waals surface area contributed by atoms with Crippen molar-refractivity contribution in [2.75, 3.05) is 0 Å². The van der Waals surface area contributed by atoms with Crippen LogP contribution in [0.5, 0.6) is 0 Å². The van der Waals surface area contributed by atoms with Gasteiger partial charge in [-0.1, -0.05) is 30.3 Å². The Kier molecular flexibility index (Phi) is 2.65. The summed E-state index contributed by atoms with van der Waals surface area (Å²) >= 11 is 0. The van der Waals surface area contributed by atoms with Crippen LogP contribution < -0.4 is 5.32 Å². The number of hydrogen-bond acceptors (Lipinski definition) is 2. The van der Waals surface area contributed by atoms with Crippen LogP contribution in [0.3, 0.4) is 0 Å². The topological polar surface area (TPSA) is 42.0 Å². The molecule has 0 aliphatic carbocycles. The molecule has 0 aliphatic heterocycles. The zero-order chi connectivity index (χ0) is 12.4. The molecule has 2 aromatic carbocycles. The zero-order valence-electron chi connectivity index (χ0n) is 9.68. The molecule has 1 aromatic heterocycles. The van der Waals surface area contributed by atoms with Crippen molar-refractivity contribution in [1.82, 2.24) is 10.3 Å². The lowest BCUT2D eigenvalue weighted by Crippen LogP contribution is -2.09. The van der Waals surface area contributed by atoms with Gasteiger partial charge in [0.25, 0.3) is 0 Å². The summed E-state index contributed by atoms with van der Waals surface area (Å²) in [6.07, 6.45) is 1.70. The van der Waals surface area contributed by atoms with E-state index in [2.05, 4.69) is 16.4 Å². The van der Waals surface area contributed by atoms with Crippen LogP contribution in [-0.4, -0.2) is 11.4 Å². The molecule has 0 fully saturated rings. The van der Waals surface area contributed by atoms with Crippen LogP contribution in [0.1, 0.15) is 5.56 Å². The third kappa shape index (κ3) is 1.80. The zero-order valence-corrected chi connectivity index (χ0v) is 9.68. The first-order valence-corrected chi connectivity index (χ1v) is 5.76. The van der Waals surface area contributed by atoms with Crippen molar-refractivity contribution >= 4 is 28.2 Å². The van der Waals surface area contributed by atoms with E-state index in [9.17, 15) is 4.79 Å². The lowest BCUT2D eigenvalue weighted by molar-refractivity contribution is 0.542. The van der Waals surface area contributed by atoms with Gasteiger partial charge in [0.2, 0.25) is 0 Å². The molecule has 0 saturated carbocycles. The number of aromatic nitrogens is 1. The minimum absolute atomic E-state index is 0.473. The average Bonchev–Trinajstić information content (AvgIpc) is 2.43. The minimum Gasteiger partial charge on any atom is -0.344 e. The Morgan fingerprint density at radius 1 is 1.06 bits per heavy atom. The van der Waals surface area contributed by atoms with E-state index < -0.39 is 0 Å². The van der Waals surface area contributed by atoms with Gasteiger partial charge in [0.05, 0.1) is 11.0 Å². The molecule has 3 heteroatoms. The highest BCUT2D eigenvalue weighted by Crippen LogP contribution is 2.22. The Bertz CT molecular complexity index is 722. The van der Waals surface area contributed by atoms with E-state index in [4.69, 9.17) is 0 Å². The number of carbonyl (C=O) groups excluding carboxylic acids is 1. The maximum Gasteiger partial charge on any atom is 0.309 e. The Hall–Kier alpha value is -2.42. The van der Waals surface area contributed by atoms with Crippen molar-refractivity contribution in [3.8, 4) is 0 Å². The largest absolute Gasteiger partial charge is 0.344 e. The van der Waals surface area contributed by atoms with Crippen LogP contribution >= 0.6 is 0 Å². The predicted molar refractivity (Wildman–Crippen MR) is 71.8 cm³/mol. The van der Waals surface area contributed by atoms with E-state index in [0.29, 0.717) is 6.54 Å². The van der Waals surface area contributed by atoms with Gasteiger partial charge in [0.1, 0.15) is 0 Å². The number of para-hydroxylation sites is 1. The monoisotopic (exact) mass is 235 g/mol. The van der Waals surface area contributed by atoms with Gasteiger partial charge in [0, 0.05) is 17.3 Å². The highest BCUT2D eigenvalue weighted by molar-refractivity contribution is 5.94. The first-order valence-electron chi connectivity index (χ1n) is 5.76. The van der Waals surface area contributed by atoms with E-state index in [0.717, 1.165) is 27.4 Å². The van der Waals surface area contributed by atoms with Crippen LogP contribution in [0.15, 0.2) is 48.5 Å². The number of amides is 1. The number of hydrogen-bond donors (Lipinski definition) is 1. The quantitative estimate of drug-likeness (QED) is 0.560. The van der Waals surface area contributed by atoms with Crippen molar-refractivity contribution in [3.05, 3.63) is 54.1 Å². The van der Waals surface area contributed by atoms with E-state index >= 15 is 0 Å². The number of benzene rings is 2. The van der Waals surface area contributed by atoms with Crippen molar-refractivity contribution < 1.29 is 4.79 Å². The maximum atomic E-state index is 10.3. The van der Waals surface area contributed by atoms with Crippen LogP contribution in [0, 0.1) is 0 Å². The van der Waals surface area contributed by atoms with Gasteiger partial charge in [-0.15, -0.1) is 0 Å². The van der Waals surface area contributed by atoms with Crippen LogP contribution in [0.2, 0.25) is 0 Å². The molecule has 3 nitrogen and oxygen atoms in total. The third-order valence-electron chi connectivity index (χ3n) is 3.00. The second-order valence-corrected chi connectivity index (χ2v) is 4.12. The van der Waals surface area contributed by atoms with Gasteiger partial charge in [0.15, 0.2) is 0 Å². The summed E-state index contributed by atoms with van der Waals surface area (Å²) in [5.41, 5.74) is 2.98. The fourth-order valence-electron chi connectivity index (χ4n) is 2.15. The molecule has 18 heavy (non-hydrogen) atoms. The number of nitrogens with zero attached hydrogens (tertiary/aromatic N) is 1. The molecule has 1 N–H and O–H groups in total. The van der Waals surface area contributed by atoms with Crippen molar-refractivity contribution in [1.29, 1.82) is 0 Å². The molecular weight excluding hydrogens is 224 g/mol. The summed E-state index contributed by atoms with van der Waals surface area (Å²) in [5, 5.41) is 4.74. The van der Waals surface area contributed by atoms with Crippen molar-refractivity contribution in [2.45, 2.75) is 6.54 Å². The number of fused-ring (bicyclic) bond motifs is 2. The first kappa shape index (κ1) is 10.7. The summed E-state index contributed by atoms with van der Waals surface area (Å²) in [5.74, 6) is 0. The highest BCUT2D eigenvalue weighted by Gasteiger charge is 2.03. The van der Waals surface area contributed by atoms with E-state index in [1.165, 1.54) is 0 Å². The van der Waals surface area contributed by atoms with Crippen LogP contribution in [-0.2, 0) is 11.3 Å². The molecule has 1 heterocycles. The summed E-state index contributed by atoms with van der Waals surface area (Å²) in [4.78, 5) is 14.9. The summed E-state index contributed by atoms with van der Waals surface area (Å²) in [6, 6.07) is 16.0. The van der Waals surface area contributed by atoms with Crippen molar-refractivity contribution in [2.24, 2.45) is 0 Å². The Labute approximate surface area is 104 Å². The molecule has 87 valence electrons. The minimum atomic E-state index is 0.473. The molecule has 3 aromatic rings. The average molecular weight is 235 g/mol. The SMILES string of the molecule is O=[C]NCc1cccc2nc3ccccc3cc12. The molecule has 0 unspecified atom stereocenters. The van der Waals surface area contributed by atoms with Gasteiger partial charge >= 0.3 is 6.41 Å². The predicted octanol–water partition coefficient (Wildman–Crippen LogP) is 2.54.